The van der Waals surface area contributed by atoms with Gasteiger partial charge >= 0.3 is 0 Å². The van der Waals surface area contributed by atoms with Crippen LogP contribution in [0.25, 0.3) is 0 Å². The monoisotopic (exact) mass is 273 g/mol. The molecular formula is C11H16BrNO2. The number of rotatable bonds is 3. The van der Waals surface area contributed by atoms with E-state index in [1.54, 1.807) is 7.11 Å². The van der Waals surface area contributed by atoms with E-state index in [0.29, 0.717) is 0 Å². The van der Waals surface area contributed by atoms with Crippen molar-refractivity contribution in [2.75, 3.05) is 13.7 Å². The van der Waals surface area contributed by atoms with Crippen LogP contribution in [-0.2, 0) is 0 Å². The second kappa shape index (κ2) is 4.96. The van der Waals surface area contributed by atoms with Crippen LogP contribution in [0.4, 0.5) is 0 Å². The first kappa shape index (κ1) is 12.5. The van der Waals surface area contributed by atoms with Gasteiger partial charge in [0.05, 0.1) is 24.2 Å². The van der Waals surface area contributed by atoms with Crippen molar-refractivity contribution in [3.8, 4) is 5.75 Å². The van der Waals surface area contributed by atoms with Gasteiger partial charge in [0.2, 0.25) is 0 Å². The third-order valence-corrected chi connectivity index (χ3v) is 3.45. The van der Waals surface area contributed by atoms with E-state index in [9.17, 15) is 0 Å². The molecule has 0 radical (unpaired) electrons. The Bertz CT molecular complexity index is 366. The number of nitrogens with two attached hydrogens (primary N) is 1. The predicted octanol–water partition coefficient (Wildman–Crippen LogP) is 2.07. The molecule has 0 aliphatic carbocycles. The van der Waals surface area contributed by atoms with Crippen LogP contribution < -0.4 is 10.5 Å². The fourth-order valence-corrected chi connectivity index (χ4v) is 2.31. The third kappa shape index (κ3) is 2.33. The van der Waals surface area contributed by atoms with Gasteiger partial charge in [-0.3, -0.25) is 0 Å². The summed E-state index contributed by atoms with van der Waals surface area (Å²) in [4.78, 5) is 0. The van der Waals surface area contributed by atoms with Crippen LogP contribution in [0.2, 0.25) is 0 Å². The summed E-state index contributed by atoms with van der Waals surface area (Å²) in [7, 11) is 1.64. The van der Waals surface area contributed by atoms with Crippen LogP contribution in [0, 0.1) is 13.8 Å². The Balaban J connectivity index is 3.33. The number of hydrogen-bond donors (Lipinski definition) is 2. The molecule has 0 heterocycles. The van der Waals surface area contributed by atoms with Gasteiger partial charge in [0, 0.05) is 0 Å². The molecule has 0 spiro atoms. The lowest BCUT2D eigenvalue weighted by Crippen LogP contribution is -2.16. The van der Waals surface area contributed by atoms with Crippen molar-refractivity contribution >= 4 is 15.9 Å². The Morgan fingerprint density at radius 2 is 2.13 bits per heavy atom. The zero-order chi connectivity index (χ0) is 11.6. The number of aryl methyl sites for hydroxylation is 1. The lowest BCUT2D eigenvalue weighted by Gasteiger charge is -2.17. The van der Waals surface area contributed by atoms with Crippen LogP contribution >= 0.6 is 15.9 Å². The van der Waals surface area contributed by atoms with Gasteiger partial charge in [-0.25, -0.2) is 0 Å². The predicted molar refractivity (Wildman–Crippen MR) is 64.2 cm³/mol. The topological polar surface area (TPSA) is 55.5 Å². The summed E-state index contributed by atoms with van der Waals surface area (Å²) in [5.41, 5.74) is 8.78. The van der Waals surface area contributed by atoms with Crippen molar-refractivity contribution in [3.63, 3.8) is 0 Å². The van der Waals surface area contributed by atoms with E-state index in [0.717, 1.165) is 26.9 Å². The smallest absolute Gasteiger partial charge is 0.136 e. The van der Waals surface area contributed by atoms with E-state index in [1.807, 2.05) is 19.9 Å². The zero-order valence-corrected chi connectivity index (χ0v) is 10.8. The average molecular weight is 274 g/mol. The lowest BCUT2D eigenvalue weighted by atomic mass is 9.99. The van der Waals surface area contributed by atoms with E-state index in [2.05, 4.69) is 15.9 Å². The Kier molecular flexibility index (Phi) is 4.13. The molecule has 1 aromatic rings. The summed E-state index contributed by atoms with van der Waals surface area (Å²) in [6.45, 7) is 3.85. The molecule has 0 aromatic heterocycles. The van der Waals surface area contributed by atoms with Crippen molar-refractivity contribution in [3.05, 3.63) is 27.2 Å². The van der Waals surface area contributed by atoms with Crippen LogP contribution in [-0.4, -0.2) is 18.8 Å². The van der Waals surface area contributed by atoms with Crippen LogP contribution in [0.3, 0.4) is 0 Å². The van der Waals surface area contributed by atoms with Crippen LogP contribution in [0.5, 0.6) is 5.75 Å². The normalized spacial score (nSPS) is 12.7. The molecular weight excluding hydrogens is 258 g/mol. The highest BCUT2D eigenvalue weighted by molar-refractivity contribution is 9.10. The average Bonchev–Trinajstić information content (AvgIpc) is 2.23. The van der Waals surface area contributed by atoms with Gasteiger partial charge in [-0.15, -0.1) is 0 Å². The van der Waals surface area contributed by atoms with Gasteiger partial charge in [-0.05, 0) is 46.5 Å². The van der Waals surface area contributed by atoms with E-state index in [1.165, 1.54) is 0 Å². The van der Waals surface area contributed by atoms with Crippen molar-refractivity contribution in [1.82, 2.24) is 0 Å². The van der Waals surface area contributed by atoms with Gasteiger partial charge in [0.1, 0.15) is 5.75 Å². The number of benzene rings is 1. The van der Waals surface area contributed by atoms with Gasteiger partial charge in [-0.2, -0.15) is 0 Å². The number of halogens is 1. The van der Waals surface area contributed by atoms with E-state index < -0.39 is 0 Å². The lowest BCUT2D eigenvalue weighted by molar-refractivity contribution is 0.267. The van der Waals surface area contributed by atoms with Crippen molar-refractivity contribution in [2.24, 2.45) is 5.73 Å². The molecule has 0 amide bonds. The molecule has 84 valence electrons. The third-order valence-electron chi connectivity index (χ3n) is 2.49. The second-order valence-corrected chi connectivity index (χ2v) is 4.34. The fraction of sp³-hybridized carbons (Fsp3) is 0.455. The van der Waals surface area contributed by atoms with E-state index in [-0.39, 0.29) is 12.6 Å². The molecule has 0 aliphatic rings. The zero-order valence-electron chi connectivity index (χ0n) is 9.17. The summed E-state index contributed by atoms with van der Waals surface area (Å²) in [5.74, 6) is 0.821. The second-order valence-electron chi connectivity index (χ2n) is 3.54. The molecule has 3 N–H and O–H groups in total. The van der Waals surface area contributed by atoms with E-state index in [4.69, 9.17) is 15.6 Å². The van der Waals surface area contributed by atoms with Crippen molar-refractivity contribution < 1.29 is 9.84 Å². The van der Waals surface area contributed by atoms with Gasteiger partial charge in [-0.1, -0.05) is 6.07 Å². The van der Waals surface area contributed by atoms with Gasteiger partial charge in [0.15, 0.2) is 0 Å². The molecule has 0 bridgehead atoms. The van der Waals surface area contributed by atoms with Gasteiger partial charge < -0.3 is 15.6 Å². The largest absolute Gasteiger partial charge is 0.495 e. The first-order valence-electron chi connectivity index (χ1n) is 4.73. The maximum Gasteiger partial charge on any atom is 0.136 e. The molecule has 0 saturated carbocycles. The number of aliphatic hydroxyl groups is 1. The summed E-state index contributed by atoms with van der Waals surface area (Å²) >= 11 is 3.48. The highest BCUT2D eigenvalue weighted by Crippen LogP contribution is 2.35. The summed E-state index contributed by atoms with van der Waals surface area (Å²) in [6, 6.07) is 1.62. The Labute approximate surface area is 98.4 Å². The SMILES string of the molecule is COc1c(C)cc(C(N)CO)c(C)c1Br. The minimum atomic E-state index is -0.342. The van der Waals surface area contributed by atoms with Crippen molar-refractivity contribution in [2.45, 2.75) is 19.9 Å². The molecule has 4 heteroatoms. The highest BCUT2D eigenvalue weighted by atomic mass is 79.9. The minimum Gasteiger partial charge on any atom is -0.495 e. The maximum atomic E-state index is 9.05. The molecule has 1 aromatic carbocycles. The number of ether oxygens (including phenoxy) is 1. The van der Waals surface area contributed by atoms with Gasteiger partial charge in [0.25, 0.3) is 0 Å². The van der Waals surface area contributed by atoms with E-state index >= 15 is 0 Å². The Hall–Kier alpha value is -0.580. The summed E-state index contributed by atoms with van der Waals surface area (Å²) < 4.78 is 6.18. The Morgan fingerprint density at radius 1 is 1.53 bits per heavy atom. The number of methoxy groups -OCH3 is 1. The quantitative estimate of drug-likeness (QED) is 0.887. The minimum absolute atomic E-state index is 0.0565. The fourth-order valence-electron chi connectivity index (χ4n) is 1.61. The standard InChI is InChI=1S/C11H16BrNO2/c1-6-4-8(9(13)5-14)7(2)10(12)11(6)15-3/h4,9,14H,5,13H2,1-3H3. The molecule has 3 nitrogen and oxygen atoms in total. The molecule has 0 saturated heterocycles. The van der Waals surface area contributed by atoms with Crippen LogP contribution in [0.1, 0.15) is 22.7 Å². The van der Waals surface area contributed by atoms with Crippen molar-refractivity contribution in [1.29, 1.82) is 0 Å². The molecule has 0 fully saturated rings. The highest BCUT2D eigenvalue weighted by Gasteiger charge is 2.15. The summed E-state index contributed by atoms with van der Waals surface area (Å²) in [6.07, 6.45) is 0. The van der Waals surface area contributed by atoms with Crippen LogP contribution in [0.15, 0.2) is 10.5 Å². The number of hydrogen-bond acceptors (Lipinski definition) is 3. The number of aliphatic hydroxyl groups excluding tert-OH is 1. The molecule has 15 heavy (non-hydrogen) atoms. The molecule has 1 unspecified atom stereocenters. The Morgan fingerprint density at radius 3 is 2.60 bits per heavy atom. The maximum absolute atomic E-state index is 9.05. The molecule has 0 aliphatic heterocycles. The molecule has 1 rings (SSSR count). The molecule has 1 atom stereocenters. The first-order valence-corrected chi connectivity index (χ1v) is 5.52. The summed E-state index contributed by atoms with van der Waals surface area (Å²) in [5, 5.41) is 9.05. The first-order chi connectivity index (χ1) is 7.02.